The third-order valence-electron chi connectivity index (χ3n) is 3.34. The van der Waals surface area contributed by atoms with Crippen LogP contribution in [0.25, 0.3) is 0 Å². The summed E-state index contributed by atoms with van der Waals surface area (Å²) in [7, 11) is 0. The Bertz CT molecular complexity index is 479. The average Bonchev–Trinajstić information content (AvgIpc) is 2.27. The Morgan fingerprint density at radius 2 is 1.70 bits per heavy atom. The predicted octanol–water partition coefficient (Wildman–Crippen LogP) is 1.80. The molecule has 1 atom stereocenters. The van der Waals surface area contributed by atoms with Crippen LogP contribution in [0.15, 0.2) is 18.2 Å². The Kier molecular flexibility index (Phi) is 4.83. The molecule has 1 rings (SSSR count). The molecule has 0 spiro atoms. The number of hydrogen-bond donors (Lipinski definition) is 3. The predicted molar refractivity (Wildman–Crippen MR) is 70.3 cm³/mol. The van der Waals surface area contributed by atoms with E-state index in [1.54, 1.807) is 0 Å². The number of nitrogens with two attached hydrogens (primary N) is 1. The molecule has 1 aromatic rings. The van der Waals surface area contributed by atoms with E-state index < -0.39 is 28.6 Å². The van der Waals surface area contributed by atoms with Gasteiger partial charge in [0.15, 0.2) is 0 Å². The number of aliphatic hydroxyl groups is 1. The minimum Gasteiger partial charge on any atom is -0.481 e. The summed E-state index contributed by atoms with van der Waals surface area (Å²) in [6.45, 7) is 2.74. The summed E-state index contributed by atoms with van der Waals surface area (Å²) in [6.07, 6.45) is 0.111. The second-order valence-electron chi connectivity index (χ2n) is 5.56. The van der Waals surface area contributed by atoms with Crippen LogP contribution in [0.2, 0.25) is 0 Å². The SMILES string of the molecule is CC(C)(O)CCC(CN)(C(=O)O)c1cc(F)cc(F)c1. The number of benzene rings is 1. The van der Waals surface area contributed by atoms with Gasteiger partial charge < -0.3 is 15.9 Å². The van der Waals surface area contributed by atoms with Crippen LogP contribution >= 0.6 is 0 Å². The molecule has 0 aliphatic heterocycles. The molecule has 0 radical (unpaired) electrons. The quantitative estimate of drug-likeness (QED) is 0.745. The topological polar surface area (TPSA) is 83.5 Å². The molecule has 0 aliphatic carbocycles. The van der Waals surface area contributed by atoms with E-state index >= 15 is 0 Å². The molecule has 0 heterocycles. The van der Waals surface area contributed by atoms with E-state index in [1.807, 2.05) is 0 Å². The van der Waals surface area contributed by atoms with Gasteiger partial charge in [-0.1, -0.05) is 0 Å². The molecule has 0 aliphatic rings. The molecular formula is C14H19F2NO3. The first-order valence-corrected chi connectivity index (χ1v) is 6.23. The van der Waals surface area contributed by atoms with E-state index in [-0.39, 0.29) is 24.9 Å². The molecule has 4 N–H and O–H groups in total. The van der Waals surface area contributed by atoms with Crippen molar-refractivity contribution in [3.05, 3.63) is 35.4 Å². The van der Waals surface area contributed by atoms with Crippen molar-refractivity contribution in [3.63, 3.8) is 0 Å². The first-order valence-electron chi connectivity index (χ1n) is 6.23. The lowest BCUT2D eigenvalue weighted by Crippen LogP contribution is -2.44. The second kappa shape index (κ2) is 5.85. The molecule has 112 valence electrons. The molecule has 6 heteroatoms. The molecule has 0 bridgehead atoms. The molecule has 0 aromatic heterocycles. The van der Waals surface area contributed by atoms with Crippen LogP contribution in [0.1, 0.15) is 32.3 Å². The first kappa shape index (κ1) is 16.5. The number of rotatable bonds is 6. The first-order chi connectivity index (χ1) is 9.10. The van der Waals surface area contributed by atoms with Crippen molar-refractivity contribution in [1.82, 2.24) is 0 Å². The van der Waals surface area contributed by atoms with Crippen molar-refractivity contribution in [2.75, 3.05) is 6.54 Å². The van der Waals surface area contributed by atoms with Crippen LogP contribution in [0.3, 0.4) is 0 Å². The van der Waals surface area contributed by atoms with Gasteiger partial charge in [-0.15, -0.1) is 0 Å². The molecule has 0 fully saturated rings. The smallest absolute Gasteiger partial charge is 0.315 e. The van der Waals surface area contributed by atoms with E-state index in [4.69, 9.17) is 5.73 Å². The third kappa shape index (κ3) is 3.74. The largest absolute Gasteiger partial charge is 0.481 e. The van der Waals surface area contributed by atoms with E-state index in [0.29, 0.717) is 6.07 Å². The Morgan fingerprint density at radius 3 is 2.05 bits per heavy atom. The summed E-state index contributed by atoms with van der Waals surface area (Å²) in [5, 5.41) is 19.2. The lowest BCUT2D eigenvalue weighted by Gasteiger charge is -2.31. The number of hydrogen-bond acceptors (Lipinski definition) is 3. The molecule has 0 saturated heterocycles. The van der Waals surface area contributed by atoms with Crippen LogP contribution in [0.4, 0.5) is 8.78 Å². The Balaban J connectivity index is 3.26. The van der Waals surface area contributed by atoms with Crippen LogP contribution in [0, 0.1) is 11.6 Å². The highest BCUT2D eigenvalue weighted by Crippen LogP contribution is 2.32. The van der Waals surface area contributed by atoms with Gasteiger partial charge in [0.05, 0.1) is 5.60 Å². The molecule has 0 amide bonds. The minimum absolute atomic E-state index is 0.0226. The zero-order chi connectivity index (χ0) is 15.6. The fourth-order valence-corrected chi connectivity index (χ4v) is 2.03. The average molecular weight is 287 g/mol. The van der Waals surface area contributed by atoms with Crippen LogP contribution in [0.5, 0.6) is 0 Å². The van der Waals surface area contributed by atoms with Gasteiger partial charge in [0.25, 0.3) is 0 Å². The molecular weight excluding hydrogens is 268 g/mol. The maximum Gasteiger partial charge on any atom is 0.315 e. The Hall–Kier alpha value is -1.53. The lowest BCUT2D eigenvalue weighted by molar-refractivity contribution is -0.144. The highest BCUT2D eigenvalue weighted by molar-refractivity contribution is 5.81. The van der Waals surface area contributed by atoms with Gasteiger partial charge in [0.1, 0.15) is 17.0 Å². The Morgan fingerprint density at radius 1 is 1.20 bits per heavy atom. The van der Waals surface area contributed by atoms with Gasteiger partial charge >= 0.3 is 5.97 Å². The van der Waals surface area contributed by atoms with E-state index in [1.165, 1.54) is 13.8 Å². The van der Waals surface area contributed by atoms with Crippen LogP contribution in [-0.4, -0.2) is 28.3 Å². The molecule has 1 aromatic carbocycles. The zero-order valence-corrected chi connectivity index (χ0v) is 11.5. The molecule has 0 saturated carbocycles. The number of halogens is 2. The molecule has 1 unspecified atom stereocenters. The molecule has 4 nitrogen and oxygen atoms in total. The van der Waals surface area contributed by atoms with Crippen molar-refractivity contribution >= 4 is 5.97 Å². The van der Waals surface area contributed by atoms with E-state index in [0.717, 1.165) is 12.1 Å². The highest BCUT2D eigenvalue weighted by atomic mass is 19.1. The highest BCUT2D eigenvalue weighted by Gasteiger charge is 2.40. The summed E-state index contributed by atoms with van der Waals surface area (Å²) < 4.78 is 26.6. The Labute approximate surface area is 116 Å². The van der Waals surface area contributed by atoms with Gasteiger partial charge in [-0.3, -0.25) is 4.79 Å². The standard InChI is InChI=1S/C14H19F2NO3/c1-13(2,20)3-4-14(8-17,12(18)19)9-5-10(15)7-11(16)6-9/h5-7,20H,3-4,8,17H2,1-2H3,(H,18,19). The summed E-state index contributed by atoms with van der Waals surface area (Å²) in [4.78, 5) is 11.6. The van der Waals surface area contributed by atoms with Crippen molar-refractivity contribution in [3.8, 4) is 0 Å². The monoisotopic (exact) mass is 287 g/mol. The fourth-order valence-electron chi connectivity index (χ4n) is 2.03. The summed E-state index contributed by atoms with van der Waals surface area (Å²) in [5.74, 6) is -2.99. The van der Waals surface area contributed by atoms with Gasteiger partial charge in [-0.25, -0.2) is 8.78 Å². The maximum absolute atomic E-state index is 13.3. The van der Waals surface area contributed by atoms with Crippen molar-refractivity contribution < 1.29 is 23.8 Å². The van der Waals surface area contributed by atoms with Crippen molar-refractivity contribution in [1.29, 1.82) is 0 Å². The lowest BCUT2D eigenvalue weighted by atomic mass is 9.75. The van der Waals surface area contributed by atoms with Gasteiger partial charge in [-0.05, 0) is 44.4 Å². The summed E-state index contributed by atoms with van der Waals surface area (Å²) >= 11 is 0. The fraction of sp³-hybridized carbons (Fsp3) is 0.500. The zero-order valence-electron chi connectivity index (χ0n) is 11.5. The maximum atomic E-state index is 13.3. The minimum atomic E-state index is -1.62. The van der Waals surface area contributed by atoms with Crippen molar-refractivity contribution in [2.24, 2.45) is 5.73 Å². The number of carboxylic acid groups (broad SMARTS) is 1. The summed E-state index contributed by atoms with van der Waals surface area (Å²) in [6, 6.07) is 2.60. The van der Waals surface area contributed by atoms with E-state index in [9.17, 15) is 23.8 Å². The van der Waals surface area contributed by atoms with Gasteiger partial charge in [-0.2, -0.15) is 0 Å². The van der Waals surface area contributed by atoms with Crippen molar-refractivity contribution in [2.45, 2.75) is 37.7 Å². The number of carboxylic acids is 1. The molecule has 20 heavy (non-hydrogen) atoms. The van der Waals surface area contributed by atoms with Gasteiger partial charge in [0.2, 0.25) is 0 Å². The number of carbonyl (C=O) groups is 1. The van der Waals surface area contributed by atoms with E-state index in [2.05, 4.69) is 0 Å². The number of aliphatic carboxylic acids is 1. The third-order valence-corrected chi connectivity index (χ3v) is 3.34. The normalized spacial score (nSPS) is 14.9. The second-order valence-corrected chi connectivity index (χ2v) is 5.56. The van der Waals surface area contributed by atoms with Crippen LogP contribution < -0.4 is 5.73 Å². The summed E-state index contributed by atoms with van der Waals surface area (Å²) in [5.41, 5.74) is 2.81. The van der Waals surface area contributed by atoms with Gasteiger partial charge in [0, 0.05) is 12.6 Å². The van der Waals surface area contributed by atoms with Crippen LogP contribution in [-0.2, 0) is 10.2 Å².